The number of benzene rings is 1. The first-order chi connectivity index (χ1) is 10.7. The van der Waals surface area contributed by atoms with Crippen molar-refractivity contribution in [3.63, 3.8) is 0 Å². The second kappa shape index (κ2) is 8.81. The molecule has 1 aromatic carbocycles. The molecule has 120 valence electrons. The molecule has 4 nitrogen and oxygen atoms in total. The number of hydrogen-bond acceptors (Lipinski definition) is 4. The molecule has 1 saturated heterocycles. The van der Waals surface area contributed by atoms with Crippen molar-refractivity contribution in [2.24, 2.45) is 0 Å². The zero-order valence-corrected chi connectivity index (χ0v) is 13.4. The van der Waals surface area contributed by atoms with Gasteiger partial charge in [-0.3, -0.25) is 14.5 Å². The molecule has 22 heavy (non-hydrogen) atoms. The Morgan fingerprint density at radius 2 is 1.86 bits per heavy atom. The normalized spacial score (nSPS) is 17.1. The Morgan fingerprint density at radius 3 is 2.50 bits per heavy atom. The van der Waals surface area contributed by atoms with E-state index in [9.17, 15) is 9.59 Å². The maximum atomic E-state index is 12.7. The summed E-state index contributed by atoms with van der Waals surface area (Å²) in [7, 11) is 0. The summed E-state index contributed by atoms with van der Waals surface area (Å²) in [5.41, 5.74) is 1.02. The third kappa shape index (κ3) is 5.04. The van der Waals surface area contributed by atoms with E-state index in [1.807, 2.05) is 37.3 Å². The van der Waals surface area contributed by atoms with Crippen LogP contribution in [-0.2, 0) is 16.0 Å². The molecule has 0 aliphatic carbocycles. The lowest BCUT2D eigenvalue weighted by molar-refractivity contribution is -0.129. The lowest BCUT2D eigenvalue weighted by atomic mass is 9.96. The minimum atomic E-state index is -0.263. The molecular weight excluding hydrogens is 276 g/mol. The van der Waals surface area contributed by atoms with Gasteiger partial charge in [-0.25, -0.2) is 0 Å². The number of carbonyl (C=O) groups is 2. The molecule has 0 aromatic heterocycles. The Bertz CT molecular complexity index is 481. The third-order valence-corrected chi connectivity index (χ3v) is 4.14. The van der Waals surface area contributed by atoms with Gasteiger partial charge >= 0.3 is 0 Å². The van der Waals surface area contributed by atoms with Gasteiger partial charge in [-0.15, -0.1) is 0 Å². The molecule has 1 unspecified atom stereocenters. The summed E-state index contributed by atoms with van der Waals surface area (Å²) in [6.07, 6.45) is 2.19. The van der Waals surface area contributed by atoms with Crippen LogP contribution in [0.25, 0.3) is 0 Å². The zero-order valence-electron chi connectivity index (χ0n) is 13.4. The van der Waals surface area contributed by atoms with Crippen LogP contribution in [0.1, 0.15) is 31.7 Å². The van der Waals surface area contributed by atoms with E-state index >= 15 is 0 Å². The van der Waals surface area contributed by atoms with Crippen LogP contribution < -0.4 is 5.32 Å². The third-order valence-electron chi connectivity index (χ3n) is 4.14. The maximum Gasteiger partial charge on any atom is 0.154 e. The Morgan fingerprint density at radius 1 is 1.18 bits per heavy atom. The highest BCUT2D eigenvalue weighted by Crippen LogP contribution is 2.13. The van der Waals surface area contributed by atoms with Crippen LogP contribution in [0.5, 0.6) is 0 Å². The van der Waals surface area contributed by atoms with E-state index < -0.39 is 0 Å². The van der Waals surface area contributed by atoms with Crippen molar-refractivity contribution >= 4 is 11.6 Å². The maximum absolute atomic E-state index is 12.7. The minimum absolute atomic E-state index is 0.164. The molecule has 0 spiro atoms. The Labute approximate surface area is 132 Å². The summed E-state index contributed by atoms with van der Waals surface area (Å²) in [6, 6.07) is 9.53. The number of carbonyl (C=O) groups excluding carboxylic acids is 2. The van der Waals surface area contributed by atoms with Gasteiger partial charge in [0.25, 0.3) is 0 Å². The van der Waals surface area contributed by atoms with E-state index in [2.05, 4.69) is 10.2 Å². The van der Waals surface area contributed by atoms with Crippen LogP contribution in [0.15, 0.2) is 30.3 Å². The predicted molar refractivity (Wildman–Crippen MR) is 87.9 cm³/mol. The monoisotopic (exact) mass is 302 g/mol. The van der Waals surface area contributed by atoms with Crippen molar-refractivity contribution in [1.29, 1.82) is 0 Å². The first-order valence-corrected chi connectivity index (χ1v) is 8.23. The van der Waals surface area contributed by atoms with Gasteiger partial charge < -0.3 is 5.32 Å². The second-order valence-corrected chi connectivity index (χ2v) is 5.92. The molecule has 1 atom stereocenters. The summed E-state index contributed by atoms with van der Waals surface area (Å²) in [6.45, 7) is 5.45. The van der Waals surface area contributed by atoms with Gasteiger partial charge in [0, 0.05) is 45.4 Å². The molecule has 4 heteroatoms. The Kier molecular flexibility index (Phi) is 6.74. The van der Waals surface area contributed by atoms with Crippen molar-refractivity contribution in [2.45, 2.75) is 38.6 Å². The van der Waals surface area contributed by atoms with Crippen LogP contribution in [0, 0.1) is 0 Å². The van der Waals surface area contributed by atoms with E-state index in [0.717, 1.165) is 38.2 Å². The van der Waals surface area contributed by atoms with Crippen LogP contribution in [0.4, 0.5) is 0 Å². The molecule has 1 aromatic rings. The highest BCUT2D eigenvalue weighted by molar-refractivity contribution is 5.91. The first-order valence-electron chi connectivity index (χ1n) is 8.23. The lowest BCUT2D eigenvalue weighted by Crippen LogP contribution is -2.52. The number of hydrogen-bond donors (Lipinski definition) is 1. The van der Waals surface area contributed by atoms with E-state index in [-0.39, 0.29) is 17.6 Å². The largest absolute Gasteiger partial charge is 0.314 e. The summed E-state index contributed by atoms with van der Waals surface area (Å²) in [5, 5.41) is 3.30. The molecule has 1 fully saturated rings. The fourth-order valence-electron chi connectivity index (χ4n) is 2.95. The van der Waals surface area contributed by atoms with Gasteiger partial charge in [0.05, 0.1) is 6.04 Å². The molecule has 1 aliphatic rings. The van der Waals surface area contributed by atoms with E-state index in [4.69, 9.17) is 0 Å². The predicted octanol–water partition coefficient (Wildman–Crippen LogP) is 1.83. The molecule has 1 N–H and O–H groups in total. The van der Waals surface area contributed by atoms with Crippen molar-refractivity contribution < 1.29 is 9.59 Å². The van der Waals surface area contributed by atoms with Crippen molar-refractivity contribution in [1.82, 2.24) is 10.2 Å². The standard InChI is InChI=1S/C18H26N2O2/c1-2-6-16(21)14-17(20-11-9-19-10-12-20)18(22)13-15-7-4-3-5-8-15/h3-5,7-8,17,19H,2,6,9-14H2,1H3. The van der Waals surface area contributed by atoms with E-state index in [0.29, 0.717) is 19.3 Å². The van der Waals surface area contributed by atoms with Gasteiger partial charge in [-0.1, -0.05) is 37.3 Å². The van der Waals surface area contributed by atoms with E-state index in [1.165, 1.54) is 0 Å². The van der Waals surface area contributed by atoms with Gasteiger partial charge in [-0.2, -0.15) is 0 Å². The first kappa shape index (κ1) is 16.8. The van der Waals surface area contributed by atoms with Gasteiger partial charge in [-0.05, 0) is 12.0 Å². The average Bonchev–Trinajstić information content (AvgIpc) is 2.54. The Balaban J connectivity index is 2.04. The molecule has 0 radical (unpaired) electrons. The zero-order chi connectivity index (χ0) is 15.8. The fourth-order valence-corrected chi connectivity index (χ4v) is 2.95. The number of Topliss-reactive ketones (excluding diaryl/α,β-unsaturated/α-hetero) is 2. The van der Waals surface area contributed by atoms with Crippen molar-refractivity contribution in [2.75, 3.05) is 26.2 Å². The topological polar surface area (TPSA) is 49.4 Å². The van der Waals surface area contributed by atoms with Crippen molar-refractivity contribution in [3.05, 3.63) is 35.9 Å². The van der Waals surface area contributed by atoms with Crippen LogP contribution in [0.3, 0.4) is 0 Å². The van der Waals surface area contributed by atoms with Gasteiger partial charge in [0.15, 0.2) is 5.78 Å². The smallest absolute Gasteiger partial charge is 0.154 e. The SMILES string of the molecule is CCCC(=O)CC(C(=O)Cc1ccccc1)N1CCNCC1. The number of piperazine rings is 1. The molecule has 1 aliphatic heterocycles. The highest BCUT2D eigenvalue weighted by Gasteiger charge is 2.28. The summed E-state index contributed by atoms with van der Waals surface area (Å²) < 4.78 is 0. The summed E-state index contributed by atoms with van der Waals surface area (Å²) in [4.78, 5) is 27.0. The van der Waals surface area contributed by atoms with Crippen LogP contribution >= 0.6 is 0 Å². The average molecular weight is 302 g/mol. The lowest BCUT2D eigenvalue weighted by Gasteiger charge is -2.33. The van der Waals surface area contributed by atoms with Crippen LogP contribution in [-0.4, -0.2) is 48.7 Å². The molecular formula is C18H26N2O2. The quantitative estimate of drug-likeness (QED) is 0.796. The van der Waals surface area contributed by atoms with Crippen molar-refractivity contribution in [3.8, 4) is 0 Å². The molecule has 0 saturated carbocycles. The molecule has 1 heterocycles. The number of nitrogens with one attached hydrogen (secondary N) is 1. The van der Waals surface area contributed by atoms with Gasteiger partial charge in [0.1, 0.15) is 5.78 Å². The molecule has 0 amide bonds. The van der Waals surface area contributed by atoms with Crippen LogP contribution in [0.2, 0.25) is 0 Å². The minimum Gasteiger partial charge on any atom is -0.314 e. The molecule has 0 bridgehead atoms. The number of ketones is 2. The fraction of sp³-hybridized carbons (Fsp3) is 0.556. The number of nitrogens with zero attached hydrogens (tertiary/aromatic N) is 1. The highest BCUT2D eigenvalue weighted by atomic mass is 16.1. The molecule has 2 rings (SSSR count). The summed E-state index contributed by atoms with van der Waals surface area (Å²) >= 11 is 0. The van der Waals surface area contributed by atoms with E-state index in [1.54, 1.807) is 0 Å². The summed E-state index contributed by atoms with van der Waals surface area (Å²) in [5.74, 6) is 0.366. The van der Waals surface area contributed by atoms with Gasteiger partial charge in [0.2, 0.25) is 0 Å². The second-order valence-electron chi connectivity index (χ2n) is 5.92. The number of rotatable bonds is 8. The Hall–Kier alpha value is -1.52.